The second kappa shape index (κ2) is 6.76. The number of ether oxygens (including phenoxy) is 1. The molecular formula is C18H27N3O3S. The fourth-order valence-electron chi connectivity index (χ4n) is 3.36. The summed E-state index contributed by atoms with van der Waals surface area (Å²) in [5, 5.41) is 0.727. The standard InChI is InChI=1S/C18H27N3O3S/c1-11-7-20(8-12(2)24-11)16(23)13-9-21-15(22)6-14(18(3,4)5)19-17(21)25-10-13/h6,11-13H,7-10H2,1-5H3. The van der Waals surface area contributed by atoms with E-state index in [1.807, 2.05) is 39.5 Å². The van der Waals surface area contributed by atoms with Crippen molar-refractivity contribution in [2.75, 3.05) is 18.8 Å². The normalized spacial score (nSPS) is 27.1. The summed E-state index contributed by atoms with van der Waals surface area (Å²) in [4.78, 5) is 32.0. The Morgan fingerprint density at radius 3 is 2.48 bits per heavy atom. The lowest BCUT2D eigenvalue weighted by Crippen LogP contribution is -2.51. The first-order valence-electron chi connectivity index (χ1n) is 8.84. The van der Waals surface area contributed by atoms with E-state index < -0.39 is 0 Å². The largest absolute Gasteiger partial charge is 0.372 e. The molecule has 6 nitrogen and oxygen atoms in total. The zero-order valence-electron chi connectivity index (χ0n) is 15.6. The minimum Gasteiger partial charge on any atom is -0.372 e. The lowest BCUT2D eigenvalue weighted by molar-refractivity contribution is -0.147. The zero-order chi connectivity index (χ0) is 18.4. The van der Waals surface area contributed by atoms with Crippen molar-refractivity contribution in [1.29, 1.82) is 0 Å². The van der Waals surface area contributed by atoms with Crippen molar-refractivity contribution >= 4 is 17.7 Å². The Morgan fingerprint density at radius 1 is 1.24 bits per heavy atom. The van der Waals surface area contributed by atoms with Gasteiger partial charge in [-0.05, 0) is 13.8 Å². The third-order valence-corrected chi connectivity index (χ3v) is 5.78. The quantitative estimate of drug-likeness (QED) is 0.711. The minimum atomic E-state index is -0.185. The van der Waals surface area contributed by atoms with Gasteiger partial charge in [-0.15, -0.1) is 0 Å². The number of hydrogen-bond acceptors (Lipinski definition) is 5. The van der Waals surface area contributed by atoms with E-state index in [9.17, 15) is 9.59 Å². The molecule has 1 aromatic rings. The fraction of sp³-hybridized carbons (Fsp3) is 0.722. The molecule has 0 bridgehead atoms. The lowest BCUT2D eigenvalue weighted by atomic mass is 9.92. The third-order valence-electron chi connectivity index (χ3n) is 4.64. The second-order valence-corrected chi connectivity index (χ2v) is 9.12. The highest BCUT2D eigenvalue weighted by Crippen LogP contribution is 2.29. The van der Waals surface area contributed by atoms with Gasteiger partial charge in [-0.2, -0.15) is 0 Å². The first kappa shape index (κ1) is 18.5. The van der Waals surface area contributed by atoms with Gasteiger partial charge < -0.3 is 9.64 Å². The van der Waals surface area contributed by atoms with Gasteiger partial charge >= 0.3 is 0 Å². The van der Waals surface area contributed by atoms with Crippen molar-refractivity contribution in [3.05, 3.63) is 22.1 Å². The summed E-state index contributed by atoms with van der Waals surface area (Å²) in [7, 11) is 0. The molecule has 0 aromatic carbocycles. The maximum Gasteiger partial charge on any atom is 0.254 e. The lowest BCUT2D eigenvalue weighted by Gasteiger charge is -2.38. The molecule has 3 rings (SSSR count). The maximum absolute atomic E-state index is 12.9. The minimum absolute atomic E-state index is 0.0509. The molecule has 2 aliphatic rings. The number of hydrogen-bond donors (Lipinski definition) is 0. The van der Waals surface area contributed by atoms with Crippen molar-refractivity contribution < 1.29 is 9.53 Å². The molecule has 1 amide bonds. The molecule has 1 aromatic heterocycles. The number of nitrogens with zero attached hydrogens (tertiary/aromatic N) is 3. The van der Waals surface area contributed by atoms with Gasteiger partial charge in [0.2, 0.25) is 5.91 Å². The summed E-state index contributed by atoms with van der Waals surface area (Å²) in [5.41, 5.74) is 0.572. The first-order chi connectivity index (χ1) is 11.6. The van der Waals surface area contributed by atoms with Gasteiger partial charge in [0, 0.05) is 36.9 Å². The number of aromatic nitrogens is 2. The van der Waals surface area contributed by atoms with Crippen LogP contribution in [0.5, 0.6) is 0 Å². The molecule has 0 N–H and O–H groups in total. The molecule has 3 unspecified atom stereocenters. The highest BCUT2D eigenvalue weighted by molar-refractivity contribution is 7.99. The number of rotatable bonds is 1. The van der Waals surface area contributed by atoms with E-state index in [-0.39, 0.29) is 35.0 Å². The van der Waals surface area contributed by atoms with Crippen LogP contribution in [0.4, 0.5) is 0 Å². The maximum atomic E-state index is 12.9. The zero-order valence-corrected chi connectivity index (χ0v) is 16.4. The van der Waals surface area contributed by atoms with Gasteiger partial charge in [-0.25, -0.2) is 4.98 Å². The molecule has 25 heavy (non-hydrogen) atoms. The van der Waals surface area contributed by atoms with Crippen molar-refractivity contribution in [2.45, 2.75) is 63.9 Å². The van der Waals surface area contributed by atoms with Gasteiger partial charge in [0.15, 0.2) is 5.16 Å². The summed E-state index contributed by atoms with van der Waals surface area (Å²) in [6.45, 7) is 11.8. The van der Waals surface area contributed by atoms with Crippen LogP contribution in [-0.2, 0) is 21.5 Å². The van der Waals surface area contributed by atoms with E-state index in [0.29, 0.717) is 25.4 Å². The molecule has 138 valence electrons. The predicted molar refractivity (Wildman–Crippen MR) is 98.0 cm³/mol. The summed E-state index contributed by atoms with van der Waals surface area (Å²) in [6, 6.07) is 1.61. The molecule has 0 saturated carbocycles. The average Bonchev–Trinajstić information content (AvgIpc) is 2.52. The van der Waals surface area contributed by atoms with E-state index in [2.05, 4.69) is 4.98 Å². The molecule has 0 spiro atoms. The monoisotopic (exact) mass is 365 g/mol. The van der Waals surface area contributed by atoms with Gasteiger partial charge in [0.05, 0.1) is 23.8 Å². The van der Waals surface area contributed by atoms with Gasteiger partial charge in [0.1, 0.15) is 0 Å². The van der Waals surface area contributed by atoms with Crippen LogP contribution in [0.25, 0.3) is 0 Å². The Bertz CT molecular complexity index is 715. The van der Waals surface area contributed by atoms with Gasteiger partial charge in [-0.3, -0.25) is 14.2 Å². The Morgan fingerprint density at radius 2 is 1.88 bits per heavy atom. The molecule has 1 fully saturated rings. The van der Waals surface area contributed by atoms with Crippen molar-refractivity contribution in [2.24, 2.45) is 5.92 Å². The third kappa shape index (κ3) is 3.92. The molecule has 0 aliphatic carbocycles. The van der Waals surface area contributed by atoms with Crippen LogP contribution in [-0.4, -0.2) is 51.4 Å². The second-order valence-electron chi connectivity index (χ2n) is 8.13. The van der Waals surface area contributed by atoms with Crippen molar-refractivity contribution in [3.63, 3.8) is 0 Å². The number of thioether (sulfide) groups is 1. The summed E-state index contributed by atoms with van der Waals surface area (Å²) in [6.07, 6.45) is 0.102. The number of morpholine rings is 1. The van der Waals surface area contributed by atoms with Gasteiger partial charge in [0.25, 0.3) is 5.56 Å². The van der Waals surface area contributed by atoms with Crippen LogP contribution < -0.4 is 5.56 Å². The molecule has 0 radical (unpaired) electrons. The smallest absolute Gasteiger partial charge is 0.254 e. The van der Waals surface area contributed by atoms with E-state index >= 15 is 0 Å². The predicted octanol–water partition coefficient (Wildman–Crippen LogP) is 1.90. The Kier molecular flexibility index (Phi) is 4.99. The molecule has 3 heterocycles. The number of carbonyl (C=O) groups excluding carboxylic acids is 1. The molecule has 3 atom stereocenters. The van der Waals surface area contributed by atoms with Crippen LogP contribution in [0.1, 0.15) is 40.3 Å². The number of carbonyl (C=O) groups is 1. The SMILES string of the molecule is CC1CN(C(=O)C2CSc3nc(C(C)(C)C)cc(=O)n3C2)CC(C)O1. The van der Waals surface area contributed by atoms with E-state index in [1.165, 1.54) is 11.8 Å². The fourth-order valence-corrected chi connectivity index (χ4v) is 4.44. The highest BCUT2D eigenvalue weighted by Gasteiger charge is 2.34. The summed E-state index contributed by atoms with van der Waals surface area (Å²) in [5.74, 6) is 0.598. The number of fused-ring (bicyclic) bond motifs is 1. The van der Waals surface area contributed by atoms with E-state index in [0.717, 1.165) is 10.9 Å². The van der Waals surface area contributed by atoms with Crippen LogP contribution >= 0.6 is 11.8 Å². The summed E-state index contributed by atoms with van der Waals surface area (Å²) >= 11 is 1.51. The Hall–Kier alpha value is -1.34. The molecule has 1 saturated heterocycles. The average molecular weight is 365 g/mol. The Balaban J connectivity index is 1.79. The molecule has 7 heteroatoms. The van der Waals surface area contributed by atoms with Crippen LogP contribution in [0.3, 0.4) is 0 Å². The van der Waals surface area contributed by atoms with Crippen LogP contribution in [0.2, 0.25) is 0 Å². The van der Waals surface area contributed by atoms with Crippen LogP contribution in [0, 0.1) is 5.92 Å². The molecule has 2 aliphatic heterocycles. The van der Waals surface area contributed by atoms with E-state index in [1.54, 1.807) is 10.6 Å². The molecular weight excluding hydrogens is 338 g/mol. The first-order valence-corrected chi connectivity index (χ1v) is 9.83. The highest BCUT2D eigenvalue weighted by atomic mass is 32.2. The number of amides is 1. The summed E-state index contributed by atoms with van der Waals surface area (Å²) < 4.78 is 7.36. The topological polar surface area (TPSA) is 64.4 Å². The van der Waals surface area contributed by atoms with Crippen molar-refractivity contribution in [1.82, 2.24) is 14.5 Å². The Labute approximate surface area is 152 Å². The van der Waals surface area contributed by atoms with Crippen LogP contribution in [0.15, 0.2) is 16.0 Å². The van der Waals surface area contributed by atoms with E-state index in [4.69, 9.17) is 4.74 Å². The van der Waals surface area contributed by atoms with Crippen molar-refractivity contribution in [3.8, 4) is 0 Å². The van der Waals surface area contributed by atoms with Gasteiger partial charge in [-0.1, -0.05) is 32.5 Å².